The lowest BCUT2D eigenvalue weighted by atomic mass is 10.1. The first-order valence-electron chi connectivity index (χ1n) is 11.4. The van der Waals surface area contributed by atoms with Crippen LogP contribution in [0.3, 0.4) is 0 Å². The van der Waals surface area contributed by atoms with E-state index < -0.39 is 5.79 Å². The van der Waals surface area contributed by atoms with Crippen LogP contribution in [0.4, 0.5) is 0 Å². The summed E-state index contributed by atoms with van der Waals surface area (Å²) < 4.78 is 22.5. The summed E-state index contributed by atoms with van der Waals surface area (Å²) in [6.07, 6.45) is 6.70. The van der Waals surface area contributed by atoms with E-state index in [4.69, 9.17) is 37.4 Å². The molecule has 1 aliphatic heterocycles. The minimum absolute atomic E-state index is 0.280. The molecule has 1 fully saturated rings. The number of imidazole rings is 1. The fraction of sp³-hybridized carbons (Fsp3) is 0.320. The van der Waals surface area contributed by atoms with Gasteiger partial charge in [0.25, 0.3) is 0 Å². The van der Waals surface area contributed by atoms with E-state index in [-0.39, 0.29) is 12.6 Å². The molecule has 2 aromatic heterocycles. The van der Waals surface area contributed by atoms with Gasteiger partial charge in [-0.3, -0.25) is 0 Å². The normalized spacial score (nSPS) is 19.6. The number of hydrogen-bond acceptors (Lipinski definition) is 7. The number of halogens is 2. The smallest absolute Gasteiger partial charge is 0.217 e. The molecule has 8 nitrogen and oxygen atoms in total. The van der Waals surface area contributed by atoms with Crippen molar-refractivity contribution in [2.75, 3.05) is 19.5 Å². The van der Waals surface area contributed by atoms with E-state index in [0.29, 0.717) is 28.8 Å². The molecule has 5 rings (SSSR count). The molecule has 36 heavy (non-hydrogen) atoms. The molecule has 0 amide bonds. The highest BCUT2D eigenvalue weighted by molar-refractivity contribution is 7.98. The Kier molecular flexibility index (Phi) is 7.55. The Morgan fingerprint density at radius 3 is 2.72 bits per heavy atom. The fourth-order valence-corrected chi connectivity index (χ4v) is 5.41. The van der Waals surface area contributed by atoms with Crippen LogP contribution in [0.1, 0.15) is 12.5 Å². The van der Waals surface area contributed by atoms with E-state index in [2.05, 4.69) is 26.6 Å². The number of hydrogen-bond donors (Lipinski definition) is 0. The minimum Gasteiger partial charge on any atom is -0.491 e. The molecule has 2 aromatic carbocycles. The third-order valence-electron chi connectivity index (χ3n) is 5.94. The van der Waals surface area contributed by atoms with Crippen molar-refractivity contribution in [3.8, 4) is 17.0 Å². The van der Waals surface area contributed by atoms with E-state index in [9.17, 15) is 0 Å². The van der Waals surface area contributed by atoms with Crippen molar-refractivity contribution in [1.82, 2.24) is 24.3 Å². The molecule has 0 N–H and O–H groups in total. The summed E-state index contributed by atoms with van der Waals surface area (Å²) in [7, 11) is 0. The lowest BCUT2D eigenvalue weighted by Crippen LogP contribution is -2.35. The Bertz CT molecular complexity index is 1320. The lowest BCUT2D eigenvalue weighted by molar-refractivity contribution is -0.190. The zero-order valence-corrected chi connectivity index (χ0v) is 22.1. The zero-order chi connectivity index (χ0) is 25.1. The monoisotopic (exact) mass is 545 g/mol. The minimum atomic E-state index is -1.14. The number of aromatic nitrogens is 5. The van der Waals surface area contributed by atoms with Gasteiger partial charge in [0.05, 0.1) is 23.5 Å². The number of thioether (sulfide) groups is 1. The van der Waals surface area contributed by atoms with Crippen LogP contribution in [-0.2, 0) is 28.4 Å². The number of benzene rings is 2. The largest absolute Gasteiger partial charge is 0.491 e. The van der Waals surface area contributed by atoms with E-state index in [1.54, 1.807) is 34.9 Å². The number of rotatable bonds is 9. The molecule has 0 bridgehead atoms. The highest BCUT2D eigenvalue weighted by atomic mass is 35.5. The van der Waals surface area contributed by atoms with Crippen molar-refractivity contribution >= 4 is 35.0 Å². The SMILES string of the molecule is CCn1c(-c2ccc(OC[C@@H]3CO[C@@](Cn4cncn4)(c4ccc(Cl)cc4Cl)O3)cc2)cnc1SC. The van der Waals surface area contributed by atoms with Gasteiger partial charge in [0.15, 0.2) is 5.16 Å². The van der Waals surface area contributed by atoms with Crippen molar-refractivity contribution in [2.24, 2.45) is 0 Å². The van der Waals surface area contributed by atoms with Gasteiger partial charge in [0.1, 0.15) is 37.7 Å². The molecule has 0 saturated carbocycles. The first-order valence-corrected chi connectivity index (χ1v) is 13.4. The van der Waals surface area contributed by atoms with Gasteiger partial charge in [-0.15, -0.1) is 0 Å². The van der Waals surface area contributed by atoms with Crippen molar-refractivity contribution in [3.05, 3.63) is 76.9 Å². The summed E-state index contributed by atoms with van der Waals surface area (Å²) in [6.45, 7) is 3.90. The summed E-state index contributed by atoms with van der Waals surface area (Å²) >= 11 is 14.3. The predicted octanol–water partition coefficient (Wildman–Crippen LogP) is 5.54. The Balaban J connectivity index is 1.29. The maximum Gasteiger partial charge on any atom is 0.217 e. The predicted molar refractivity (Wildman–Crippen MR) is 140 cm³/mol. The Morgan fingerprint density at radius 2 is 2.03 bits per heavy atom. The Hall–Kier alpha value is -2.56. The quantitative estimate of drug-likeness (QED) is 0.255. The van der Waals surface area contributed by atoms with Crippen LogP contribution in [0.5, 0.6) is 5.75 Å². The molecule has 0 spiro atoms. The van der Waals surface area contributed by atoms with Gasteiger partial charge < -0.3 is 18.8 Å². The first-order chi connectivity index (χ1) is 17.5. The molecule has 1 saturated heterocycles. The molecule has 0 aliphatic carbocycles. The highest BCUT2D eigenvalue weighted by Crippen LogP contribution is 2.40. The Labute approximate surface area is 223 Å². The second-order valence-electron chi connectivity index (χ2n) is 8.23. The molecule has 11 heteroatoms. The molecule has 0 unspecified atom stereocenters. The van der Waals surface area contributed by atoms with Crippen LogP contribution in [0.2, 0.25) is 10.0 Å². The number of nitrogens with zero attached hydrogens (tertiary/aromatic N) is 5. The van der Waals surface area contributed by atoms with Crippen molar-refractivity contribution in [1.29, 1.82) is 0 Å². The average Bonchev–Trinajstić information content (AvgIpc) is 3.63. The van der Waals surface area contributed by atoms with Crippen molar-refractivity contribution < 1.29 is 14.2 Å². The van der Waals surface area contributed by atoms with E-state index in [1.165, 1.54) is 6.33 Å². The van der Waals surface area contributed by atoms with Crippen LogP contribution >= 0.6 is 35.0 Å². The van der Waals surface area contributed by atoms with Gasteiger partial charge in [0, 0.05) is 22.7 Å². The summed E-state index contributed by atoms with van der Waals surface area (Å²) in [6, 6.07) is 13.2. The average molecular weight is 546 g/mol. The van der Waals surface area contributed by atoms with Crippen LogP contribution in [0.25, 0.3) is 11.3 Å². The van der Waals surface area contributed by atoms with Crippen molar-refractivity contribution in [2.45, 2.75) is 37.1 Å². The number of ether oxygens (including phenoxy) is 3. The molecule has 1 aliphatic rings. The third kappa shape index (κ3) is 5.12. The summed E-state index contributed by atoms with van der Waals surface area (Å²) in [4.78, 5) is 8.53. The highest BCUT2D eigenvalue weighted by Gasteiger charge is 2.45. The van der Waals surface area contributed by atoms with Crippen LogP contribution in [-0.4, -0.2) is 49.9 Å². The van der Waals surface area contributed by atoms with Gasteiger partial charge in [-0.05, 0) is 49.6 Å². The van der Waals surface area contributed by atoms with Gasteiger partial charge in [-0.2, -0.15) is 5.10 Å². The van der Waals surface area contributed by atoms with E-state index in [0.717, 1.165) is 28.7 Å². The Morgan fingerprint density at radius 1 is 1.19 bits per heavy atom. The molecule has 0 radical (unpaired) electrons. The molecular formula is C25H25Cl2N5O3S. The maximum absolute atomic E-state index is 6.53. The van der Waals surface area contributed by atoms with E-state index >= 15 is 0 Å². The molecular weight excluding hydrogens is 521 g/mol. The second-order valence-corrected chi connectivity index (χ2v) is 9.85. The standard InChI is InChI=1S/C25H25Cl2N5O3S/c1-3-32-23(11-29-24(32)36-2)17-4-7-19(8-5-17)33-12-20-13-34-25(35-20,14-31-16-28-15-30-31)21-9-6-18(26)10-22(21)27/h4-11,15-16,20H,3,12-14H2,1-2H3/t20-,25-/m1/s1. The van der Waals surface area contributed by atoms with Gasteiger partial charge in [0.2, 0.25) is 5.79 Å². The third-order valence-corrected chi connectivity index (χ3v) is 7.18. The lowest BCUT2D eigenvalue weighted by Gasteiger charge is -2.29. The molecule has 188 valence electrons. The van der Waals surface area contributed by atoms with E-state index in [1.807, 2.05) is 42.8 Å². The first kappa shape index (κ1) is 25.1. The van der Waals surface area contributed by atoms with Gasteiger partial charge in [-0.25, -0.2) is 14.6 Å². The summed E-state index contributed by atoms with van der Waals surface area (Å²) in [5.41, 5.74) is 2.84. The second kappa shape index (κ2) is 10.8. The van der Waals surface area contributed by atoms with Crippen molar-refractivity contribution in [3.63, 3.8) is 0 Å². The summed E-state index contributed by atoms with van der Waals surface area (Å²) in [5.74, 6) is -0.394. The molecule has 3 heterocycles. The molecule has 4 aromatic rings. The topological polar surface area (TPSA) is 76.2 Å². The van der Waals surface area contributed by atoms with Crippen LogP contribution in [0.15, 0.2) is 66.5 Å². The molecule has 2 atom stereocenters. The van der Waals surface area contributed by atoms with Crippen LogP contribution in [0, 0.1) is 0 Å². The van der Waals surface area contributed by atoms with Gasteiger partial charge in [-0.1, -0.05) is 41.0 Å². The van der Waals surface area contributed by atoms with Gasteiger partial charge >= 0.3 is 0 Å². The maximum atomic E-state index is 6.53. The fourth-order valence-electron chi connectivity index (χ4n) is 4.25. The summed E-state index contributed by atoms with van der Waals surface area (Å²) in [5, 5.41) is 6.20. The van der Waals surface area contributed by atoms with Crippen LogP contribution < -0.4 is 4.74 Å². The zero-order valence-electron chi connectivity index (χ0n) is 19.8.